The van der Waals surface area contributed by atoms with E-state index in [4.69, 9.17) is 0 Å². The van der Waals surface area contributed by atoms with Crippen molar-refractivity contribution in [1.29, 1.82) is 0 Å². The van der Waals surface area contributed by atoms with Crippen LogP contribution in [0.25, 0.3) is 10.9 Å². The molecule has 5 heteroatoms. The Kier molecular flexibility index (Phi) is 3.01. The highest BCUT2D eigenvalue weighted by atomic mass is 16.3. The Morgan fingerprint density at radius 3 is 2.60 bits per heavy atom. The Labute approximate surface area is 118 Å². The van der Waals surface area contributed by atoms with Crippen LogP contribution in [0.1, 0.15) is 19.8 Å². The van der Waals surface area contributed by atoms with Gasteiger partial charge < -0.3 is 15.3 Å². The van der Waals surface area contributed by atoms with Crippen LogP contribution in [-0.4, -0.2) is 40.8 Å². The normalized spacial score (nSPS) is 25.3. The average Bonchev–Trinajstić information content (AvgIpc) is 2.36. The summed E-state index contributed by atoms with van der Waals surface area (Å²) in [6.45, 7) is 1.87. The van der Waals surface area contributed by atoms with E-state index in [1.54, 1.807) is 0 Å². The third-order valence-electron chi connectivity index (χ3n) is 3.70. The van der Waals surface area contributed by atoms with Gasteiger partial charge in [0.05, 0.1) is 11.1 Å². The van der Waals surface area contributed by atoms with Gasteiger partial charge in [-0.05, 0) is 31.9 Å². The van der Waals surface area contributed by atoms with E-state index in [0.717, 1.165) is 29.6 Å². The molecule has 0 amide bonds. The SMILES string of the molecule is CN(C)c1nc(NC2CC(C)(O)C2)c2ccccc2n1. The van der Waals surface area contributed by atoms with Gasteiger partial charge in [0, 0.05) is 25.5 Å². The fourth-order valence-corrected chi connectivity index (χ4v) is 2.67. The quantitative estimate of drug-likeness (QED) is 0.895. The lowest BCUT2D eigenvalue weighted by Gasteiger charge is -2.41. The molecule has 2 aromatic rings. The van der Waals surface area contributed by atoms with Gasteiger partial charge in [0.15, 0.2) is 0 Å². The molecule has 0 saturated heterocycles. The maximum Gasteiger partial charge on any atom is 0.227 e. The number of para-hydroxylation sites is 1. The molecule has 1 fully saturated rings. The fraction of sp³-hybridized carbons (Fsp3) is 0.467. The van der Waals surface area contributed by atoms with Crippen molar-refractivity contribution in [1.82, 2.24) is 9.97 Å². The summed E-state index contributed by atoms with van der Waals surface area (Å²) < 4.78 is 0. The molecule has 1 aliphatic rings. The van der Waals surface area contributed by atoms with Crippen LogP contribution in [0.15, 0.2) is 24.3 Å². The minimum absolute atomic E-state index is 0.276. The Morgan fingerprint density at radius 1 is 1.25 bits per heavy atom. The lowest BCUT2D eigenvalue weighted by Crippen LogP contribution is -2.48. The van der Waals surface area contributed by atoms with Gasteiger partial charge in [-0.25, -0.2) is 4.98 Å². The molecule has 0 aliphatic heterocycles. The number of aromatic nitrogens is 2. The van der Waals surface area contributed by atoms with Crippen LogP contribution in [0.2, 0.25) is 0 Å². The van der Waals surface area contributed by atoms with Gasteiger partial charge in [-0.2, -0.15) is 4.98 Å². The number of hydrogen-bond donors (Lipinski definition) is 2. The predicted molar refractivity (Wildman–Crippen MR) is 81.1 cm³/mol. The number of benzene rings is 1. The lowest BCUT2D eigenvalue weighted by atomic mass is 9.77. The first-order valence-corrected chi connectivity index (χ1v) is 6.88. The second-order valence-electron chi connectivity index (χ2n) is 6.03. The summed E-state index contributed by atoms with van der Waals surface area (Å²) in [7, 11) is 3.87. The van der Waals surface area contributed by atoms with E-state index in [-0.39, 0.29) is 6.04 Å². The van der Waals surface area contributed by atoms with Crippen LogP contribution in [0.5, 0.6) is 0 Å². The Balaban J connectivity index is 1.96. The molecular formula is C15H20N4O. The van der Waals surface area contributed by atoms with E-state index < -0.39 is 5.60 Å². The maximum absolute atomic E-state index is 9.84. The van der Waals surface area contributed by atoms with Crippen molar-refractivity contribution in [2.45, 2.75) is 31.4 Å². The topological polar surface area (TPSA) is 61.3 Å². The Bertz CT molecular complexity index is 631. The summed E-state index contributed by atoms with van der Waals surface area (Å²) in [6.07, 6.45) is 1.51. The molecule has 1 aromatic carbocycles. The number of rotatable bonds is 3. The van der Waals surface area contributed by atoms with E-state index in [0.29, 0.717) is 5.95 Å². The van der Waals surface area contributed by atoms with Gasteiger partial charge in [-0.1, -0.05) is 12.1 Å². The highest BCUT2D eigenvalue weighted by Crippen LogP contribution is 2.34. The van der Waals surface area contributed by atoms with Crippen LogP contribution in [0.4, 0.5) is 11.8 Å². The summed E-state index contributed by atoms with van der Waals surface area (Å²) >= 11 is 0. The Morgan fingerprint density at radius 2 is 1.95 bits per heavy atom. The van der Waals surface area contributed by atoms with E-state index in [2.05, 4.69) is 15.3 Å². The molecule has 3 rings (SSSR count). The zero-order valence-electron chi connectivity index (χ0n) is 12.1. The molecule has 0 radical (unpaired) electrons. The summed E-state index contributed by atoms with van der Waals surface area (Å²) in [5.74, 6) is 1.54. The van der Waals surface area contributed by atoms with Crippen LogP contribution < -0.4 is 10.2 Å². The molecule has 1 aromatic heterocycles. The first-order valence-electron chi connectivity index (χ1n) is 6.88. The van der Waals surface area contributed by atoms with Gasteiger partial charge in [-0.3, -0.25) is 0 Å². The number of aliphatic hydroxyl groups is 1. The molecule has 1 saturated carbocycles. The molecule has 5 nitrogen and oxygen atoms in total. The second kappa shape index (κ2) is 4.59. The minimum atomic E-state index is -0.537. The minimum Gasteiger partial charge on any atom is -0.390 e. The number of fused-ring (bicyclic) bond motifs is 1. The molecule has 0 bridgehead atoms. The predicted octanol–water partition coefficient (Wildman–Crippen LogP) is 2.02. The van der Waals surface area contributed by atoms with E-state index in [1.165, 1.54) is 0 Å². The van der Waals surface area contributed by atoms with Crippen molar-refractivity contribution in [2.24, 2.45) is 0 Å². The molecule has 1 heterocycles. The van der Waals surface area contributed by atoms with E-state index in [9.17, 15) is 5.11 Å². The molecule has 0 atom stereocenters. The number of anilines is 2. The van der Waals surface area contributed by atoms with Crippen molar-refractivity contribution in [3.05, 3.63) is 24.3 Å². The highest BCUT2D eigenvalue weighted by molar-refractivity contribution is 5.90. The molecule has 20 heavy (non-hydrogen) atoms. The van der Waals surface area contributed by atoms with Crippen molar-refractivity contribution < 1.29 is 5.11 Å². The molecule has 0 unspecified atom stereocenters. The van der Waals surface area contributed by atoms with Gasteiger partial charge in [0.25, 0.3) is 0 Å². The Hall–Kier alpha value is -1.88. The molecule has 106 valence electrons. The molecule has 1 aliphatic carbocycles. The van der Waals surface area contributed by atoms with Gasteiger partial charge in [-0.15, -0.1) is 0 Å². The third kappa shape index (κ3) is 2.41. The monoisotopic (exact) mass is 272 g/mol. The summed E-state index contributed by atoms with van der Waals surface area (Å²) in [4.78, 5) is 11.0. The van der Waals surface area contributed by atoms with Crippen LogP contribution in [0, 0.1) is 0 Å². The van der Waals surface area contributed by atoms with Crippen molar-refractivity contribution in [3.63, 3.8) is 0 Å². The summed E-state index contributed by atoms with van der Waals surface area (Å²) in [6, 6.07) is 8.26. The zero-order valence-corrected chi connectivity index (χ0v) is 12.1. The van der Waals surface area contributed by atoms with Gasteiger partial charge >= 0.3 is 0 Å². The van der Waals surface area contributed by atoms with Crippen molar-refractivity contribution in [3.8, 4) is 0 Å². The van der Waals surface area contributed by atoms with Gasteiger partial charge in [0.2, 0.25) is 5.95 Å². The zero-order chi connectivity index (χ0) is 14.3. The summed E-state index contributed by atoms with van der Waals surface area (Å²) in [5.41, 5.74) is 0.394. The first-order chi connectivity index (χ1) is 9.44. The molecule has 0 spiro atoms. The van der Waals surface area contributed by atoms with E-state index >= 15 is 0 Å². The van der Waals surface area contributed by atoms with E-state index in [1.807, 2.05) is 50.2 Å². The van der Waals surface area contributed by atoms with Crippen molar-refractivity contribution >= 4 is 22.7 Å². The number of nitrogens with zero attached hydrogens (tertiary/aromatic N) is 3. The van der Waals surface area contributed by atoms with Crippen LogP contribution in [-0.2, 0) is 0 Å². The van der Waals surface area contributed by atoms with Crippen LogP contribution in [0.3, 0.4) is 0 Å². The molecule has 2 N–H and O–H groups in total. The number of hydrogen-bond acceptors (Lipinski definition) is 5. The standard InChI is InChI=1S/C15H20N4O/c1-15(20)8-10(9-15)16-13-11-6-4-5-7-12(11)17-14(18-13)19(2)3/h4-7,10,20H,8-9H2,1-3H3,(H,16,17,18). The number of nitrogens with one attached hydrogen (secondary N) is 1. The fourth-order valence-electron chi connectivity index (χ4n) is 2.67. The van der Waals surface area contributed by atoms with Gasteiger partial charge in [0.1, 0.15) is 5.82 Å². The largest absolute Gasteiger partial charge is 0.390 e. The lowest BCUT2D eigenvalue weighted by molar-refractivity contribution is -0.0234. The van der Waals surface area contributed by atoms with Crippen LogP contribution >= 0.6 is 0 Å². The second-order valence-corrected chi connectivity index (χ2v) is 6.03. The smallest absolute Gasteiger partial charge is 0.227 e. The third-order valence-corrected chi connectivity index (χ3v) is 3.70. The average molecular weight is 272 g/mol. The maximum atomic E-state index is 9.84. The molecular weight excluding hydrogens is 252 g/mol. The summed E-state index contributed by atoms with van der Waals surface area (Å²) in [5, 5.41) is 14.3. The van der Waals surface area contributed by atoms with Crippen molar-refractivity contribution in [2.75, 3.05) is 24.3 Å². The highest BCUT2D eigenvalue weighted by Gasteiger charge is 2.38. The first kappa shape index (κ1) is 13.1.